The van der Waals surface area contributed by atoms with Gasteiger partial charge >= 0.3 is 6.18 Å². The Balaban J connectivity index is 1.65. The summed E-state index contributed by atoms with van der Waals surface area (Å²) in [5.41, 5.74) is -0.540. The van der Waals surface area contributed by atoms with Gasteiger partial charge in [0.25, 0.3) is 0 Å². The van der Waals surface area contributed by atoms with Gasteiger partial charge in [-0.3, -0.25) is 9.59 Å². The van der Waals surface area contributed by atoms with Gasteiger partial charge in [0.1, 0.15) is 6.54 Å². The highest BCUT2D eigenvalue weighted by atomic mass is 19.4. The lowest BCUT2D eigenvalue weighted by molar-refractivity contribution is -0.137. The first-order chi connectivity index (χ1) is 12.3. The van der Waals surface area contributed by atoms with Gasteiger partial charge in [0.05, 0.1) is 11.9 Å². The number of halogens is 3. The van der Waals surface area contributed by atoms with Crippen LogP contribution in [-0.2, 0) is 17.5 Å². The summed E-state index contributed by atoms with van der Waals surface area (Å²) in [6.45, 7) is 1.01. The molecular weight excluding hydrogens is 347 g/mol. The van der Waals surface area contributed by atoms with E-state index >= 15 is 0 Å². The molecule has 0 N–H and O–H groups in total. The summed E-state index contributed by atoms with van der Waals surface area (Å²) in [6.07, 6.45) is 1.70. The molecule has 0 bridgehead atoms. The molecule has 26 heavy (non-hydrogen) atoms. The van der Waals surface area contributed by atoms with Crippen molar-refractivity contribution >= 4 is 11.7 Å². The maximum atomic E-state index is 12.6. The highest BCUT2D eigenvalue weighted by Gasteiger charge is 2.32. The molecule has 0 saturated carbocycles. The monoisotopic (exact) mass is 365 g/mol. The van der Waals surface area contributed by atoms with Crippen LogP contribution in [0.25, 0.3) is 0 Å². The number of imidazole rings is 1. The molecular formula is C18H18F3N3O2. The molecule has 5 nitrogen and oxygen atoms in total. The van der Waals surface area contributed by atoms with Crippen LogP contribution >= 0.6 is 0 Å². The minimum atomic E-state index is -4.43. The summed E-state index contributed by atoms with van der Waals surface area (Å²) in [5, 5.41) is 0. The molecule has 2 aromatic rings. The van der Waals surface area contributed by atoms with Gasteiger partial charge in [0, 0.05) is 37.0 Å². The number of hydrogen-bond donors (Lipinski definition) is 0. The van der Waals surface area contributed by atoms with Gasteiger partial charge in [-0.1, -0.05) is 12.1 Å². The average Bonchev–Trinajstić information content (AvgIpc) is 3.13. The summed E-state index contributed by atoms with van der Waals surface area (Å²) >= 11 is 0. The van der Waals surface area contributed by atoms with Crippen LogP contribution in [0.1, 0.15) is 28.8 Å². The van der Waals surface area contributed by atoms with Crippen molar-refractivity contribution in [2.45, 2.75) is 25.6 Å². The van der Waals surface area contributed by atoms with Crippen LogP contribution < -0.4 is 0 Å². The SMILES string of the molecule is O=C(c1ccc(C(F)(F)F)cc1)C1CCCN(C(=O)Cn2ccnc2)C1. The largest absolute Gasteiger partial charge is 0.416 e. The number of likely N-dealkylation sites (tertiary alicyclic amines) is 1. The van der Waals surface area contributed by atoms with Crippen LogP contribution in [0.15, 0.2) is 43.0 Å². The quantitative estimate of drug-likeness (QED) is 0.783. The number of alkyl halides is 3. The summed E-state index contributed by atoms with van der Waals surface area (Å²) < 4.78 is 39.6. The highest BCUT2D eigenvalue weighted by molar-refractivity contribution is 5.98. The number of amides is 1. The smallest absolute Gasteiger partial charge is 0.340 e. The number of aromatic nitrogens is 2. The van der Waals surface area contributed by atoms with E-state index in [1.807, 2.05) is 0 Å². The Morgan fingerprint density at radius 1 is 1.19 bits per heavy atom. The third-order valence-corrected chi connectivity index (χ3v) is 4.52. The minimum Gasteiger partial charge on any atom is -0.340 e. The van der Waals surface area contributed by atoms with Gasteiger partial charge in [0.2, 0.25) is 5.91 Å². The Morgan fingerprint density at radius 2 is 1.92 bits per heavy atom. The molecule has 138 valence electrons. The lowest BCUT2D eigenvalue weighted by Gasteiger charge is -2.32. The van der Waals surface area contributed by atoms with Gasteiger partial charge < -0.3 is 9.47 Å². The van der Waals surface area contributed by atoms with E-state index < -0.39 is 17.7 Å². The molecule has 0 spiro atoms. The molecule has 2 heterocycles. The van der Waals surface area contributed by atoms with Crippen molar-refractivity contribution in [3.05, 3.63) is 54.1 Å². The Hall–Kier alpha value is -2.64. The van der Waals surface area contributed by atoms with E-state index in [9.17, 15) is 22.8 Å². The van der Waals surface area contributed by atoms with Crippen molar-refractivity contribution in [3.63, 3.8) is 0 Å². The van der Waals surface area contributed by atoms with E-state index in [1.54, 1.807) is 28.2 Å². The van der Waals surface area contributed by atoms with Crippen molar-refractivity contribution in [2.24, 2.45) is 5.92 Å². The van der Waals surface area contributed by atoms with E-state index in [0.717, 1.165) is 12.1 Å². The maximum Gasteiger partial charge on any atom is 0.416 e. The van der Waals surface area contributed by atoms with E-state index in [2.05, 4.69) is 4.98 Å². The third-order valence-electron chi connectivity index (χ3n) is 4.52. The van der Waals surface area contributed by atoms with Crippen molar-refractivity contribution < 1.29 is 22.8 Å². The lowest BCUT2D eigenvalue weighted by Crippen LogP contribution is -2.43. The van der Waals surface area contributed by atoms with Crippen LogP contribution in [0.3, 0.4) is 0 Å². The molecule has 1 fully saturated rings. The maximum absolute atomic E-state index is 12.6. The molecule has 0 radical (unpaired) electrons. The predicted molar refractivity (Wildman–Crippen MR) is 87.3 cm³/mol. The topological polar surface area (TPSA) is 55.2 Å². The molecule has 1 aromatic carbocycles. The standard InChI is InChI=1S/C18H18F3N3O2/c19-18(20,21)15-5-3-13(4-6-15)17(26)14-2-1-8-24(10-14)16(25)11-23-9-7-22-12-23/h3-7,9,12,14H,1-2,8,10-11H2. The minimum absolute atomic E-state index is 0.104. The number of ketones is 1. The highest BCUT2D eigenvalue weighted by Crippen LogP contribution is 2.30. The van der Waals surface area contributed by atoms with Crippen LogP contribution in [0.5, 0.6) is 0 Å². The molecule has 1 aliphatic rings. The van der Waals surface area contributed by atoms with Gasteiger partial charge in [-0.05, 0) is 25.0 Å². The van der Waals surface area contributed by atoms with Crippen molar-refractivity contribution in [1.29, 1.82) is 0 Å². The first kappa shape index (κ1) is 18.2. The summed E-state index contributed by atoms with van der Waals surface area (Å²) in [6, 6.07) is 4.24. The summed E-state index contributed by atoms with van der Waals surface area (Å²) in [7, 11) is 0. The van der Waals surface area contributed by atoms with Gasteiger partial charge in [-0.2, -0.15) is 13.2 Å². The second kappa shape index (κ2) is 7.31. The van der Waals surface area contributed by atoms with Gasteiger partial charge in [-0.25, -0.2) is 4.98 Å². The zero-order valence-corrected chi connectivity index (χ0v) is 13.9. The zero-order chi connectivity index (χ0) is 18.7. The van der Waals surface area contributed by atoms with Crippen LogP contribution in [0, 0.1) is 5.92 Å². The van der Waals surface area contributed by atoms with E-state index in [4.69, 9.17) is 0 Å². The van der Waals surface area contributed by atoms with Crippen molar-refractivity contribution in [1.82, 2.24) is 14.5 Å². The number of carbonyl (C=O) groups is 2. The van der Waals surface area contributed by atoms with E-state index in [1.165, 1.54) is 12.1 Å². The second-order valence-electron chi connectivity index (χ2n) is 6.35. The summed E-state index contributed by atoms with van der Waals surface area (Å²) in [4.78, 5) is 30.5. The molecule has 8 heteroatoms. The normalized spacial score (nSPS) is 18.0. The van der Waals surface area contributed by atoms with Crippen LogP contribution in [-0.4, -0.2) is 39.2 Å². The van der Waals surface area contributed by atoms with Crippen molar-refractivity contribution in [3.8, 4) is 0 Å². The second-order valence-corrected chi connectivity index (χ2v) is 6.35. The number of hydrogen-bond acceptors (Lipinski definition) is 3. The molecule has 1 amide bonds. The first-order valence-electron chi connectivity index (χ1n) is 8.29. The van der Waals surface area contributed by atoms with Crippen molar-refractivity contribution in [2.75, 3.05) is 13.1 Å². The number of nitrogens with zero attached hydrogens (tertiary/aromatic N) is 3. The molecule has 1 aliphatic heterocycles. The lowest BCUT2D eigenvalue weighted by atomic mass is 9.89. The number of Topliss-reactive ketones (excluding diaryl/α,β-unsaturated/α-hetero) is 1. The molecule has 1 saturated heterocycles. The zero-order valence-electron chi connectivity index (χ0n) is 13.9. The Bertz CT molecular complexity index is 770. The third kappa shape index (κ3) is 4.12. The molecule has 3 rings (SSSR count). The fraction of sp³-hybridized carbons (Fsp3) is 0.389. The Kier molecular flexibility index (Phi) is 5.11. The Labute approximate surface area is 148 Å². The van der Waals surface area contributed by atoms with Crippen LogP contribution in [0.4, 0.5) is 13.2 Å². The number of carbonyl (C=O) groups excluding carboxylic acids is 2. The van der Waals surface area contributed by atoms with Gasteiger partial charge in [0.15, 0.2) is 5.78 Å². The fourth-order valence-corrected chi connectivity index (χ4v) is 3.11. The number of benzene rings is 1. The van der Waals surface area contributed by atoms with E-state index in [-0.39, 0.29) is 30.3 Å². The van der Waals surface area contributed by atoms with Crippen LogP contribution in [0.2, 0.25) is 0 Å². The fourth-order valence-electron chi connectivity index (χ4n) is 3.11. The number of piperidine rings is 1. The molecule has 0 aliphatic carbocycles. The van der Waals surface area contributed by atoms with E-state index in [0.29, 0.717) is 19.4 Å². The van der Waals surface area contributed by atoms with Gasteiger partial charge in [-0.15, -0.1) is 0 Å². The average molecular weight is 365 g/mol. The summed E-state index contributed by atoms with van der Waals surface area (Å²) in [5.74, 6) is -0.723. The molecule has 1 atom stereocenters. The number of rotatable bonds is 4. The Morgan fingerprint density at radius 3 is 2.54 bits per heavy atom. The predicted octanol–water partition coefficient (Wildman–Crippen LogP) is 3.02. The molecule has 1 unspecified atom stereocenters. The first-order valence-corrected chi connectivity index (χ1v) is 8.29. The molecule has 1 aromatic heterocycles.